The summed E-state index contributed by atoms with van der Waals surface area (Å²) in [6.45, 7) is 2.69. The lowest BCUT2D eigenvalue weighted by Gasteiger charge is -2.05. The second-order valence-corrected chi connectivity index (χ2v) is 7.38. The molecule has 0 unspecified atom stereocenters. The summed E-state index contributed by atoms with van der Waals surface area (Å²) in [6.07, 6.45) is 3.02. The van der Waals surface area contributed by atoms with Crippen LogP contribution in [0, 0.1) is 0 Å². The molecular formula is C23H21N5O2. The Kier molecular flexibility index (Phi) is 4.43. The maximum absolute atomic E-state index is 13.2. The first kappa shape index (κ1) is 18.3. The molecule has 2 N–H and O–H groups in total. The third-order valence-electron chi connectivity index (χ3n) is 5.38. The third kappa shape index (κ3) is 2.82. The molecule has 3 aromatic heterocycles. The number of para-hydroxylation sites is 3. The number of hydrogen-bond acceptors (Lipinski definition) is 4. The molecule has 30 heavy (non-hydrogen) atoms. The van der Waals surface area contributed by atoms with Crippen molar-refractivity contribution < 1.29 is 4.79 Å². The molecule has 0 aliphatic carbocycles. The van der Waals surface area contributed by atoms with Crippen molar-refractivity contribution in [2.24, 2.45) is 0 Å². The number of H-pyrrole nitrogens is 1. The zero-order valence-electron chi connectivity index (χ0n) is 16.6. The fourth-order valence-electron chi connectivity index (χ4n) is 3.91. The number of nitrogens with zero attached hydrogens (tertiary/aromatic N) is 3. The molecule has 2 aromatic carbocycles. The number of rotatable bonds is 5. The van der Waals surface area contributed by atoms with Gasteiger partial charge in [-0.3, -0.25) is 14.0 Å². The molecule has 0 bridgehead atoms. The molecule has 3 heterocycles. The molecule has 1 amide bonds. The zero-order valence-corrected chi connectivity index (χ0v) is 16.6. The highest BCUT2D eigenvalue weighted by Gasteiger charge is 2.23. The van der Waals surface area contributed by atoms with Gasteiger partial charge in [-0.1, -0.05) is 44.0 Å². The SMILES string of the molecule is CCCCCNC(=O)c1c2nc3ccccc3nc2n2c1[nH]c(=O)c1ccccc12. The summed E-state index contributed by atoms with van der Waals surface area (Å²) >= 11 is 0. The van der Waals surface area contributed by atoms with E-state index in [0.717, 1.165) is 24.8 Å². The second-order valence-electron chi connectivity index (χ2n) is 7.38. The van der Waals surface area contributed by atoms with Crippen LogP contribution in [0.1, 0.15) is 36.5 Å². The number of unbranched alkanes of at least 4 members (excludes halogenated alkanes) is 2. The number of carbonyl (C=O) groups excluding carboxylic acids is 1. The summed E-state index contributed by atoms with van der Waals surface area (Å²) in [5, 5.41) is 3.51. The van der Waals surface area contributed by atoms with Crippen molar-refractivity contribution in [3.05, 3.63) is 64.4 Å². The van der Waals surface area contributed by atoms with Crippen molar-refractivity contribution in [3.8, 4) is 0 Å². The van der Waals surface area contributed by atoms with Crippen LogP contribution in [0.3, 0.4) is 0 Å². The molecule has 7 heteroatoms. The minimum absolute atomic E-state index is 0.245. The Labute approximate surface area is 171 Å². The van der Waals surface area contributed by atoms with E-state index in [9.17, 15) is 9.59 Å². The highest BCUT2D eigenvalue weighted by atomic mass is 16.1. The summed E-state index contributed by atoms with van der Waals surface area (Å²) < 4.78 is 1.83. The fraction of sp³-hybridized carbons (Fsp3) is 0.217. The van der Waals surface area contributed by atoms with E-state index in [-0.39, 0.29) is 11.5 Å². The molecule has 0 aliphatic heterocycles. The molecule has 0 radical (unpaired) electrons. The van der Waals surface area contributed by atoms with E-state index in [1.54, 1.807) is 6.07 Å². The lowest BCUT2D eigenvalue weighted by molar-refractivity contribution is 0.0956. The predicted octanol–water partition coefficient (Wildman–Crippen LogP) is 3.80. The first-order valence-electron chi connectivity index (χ1n) is 10.2. The number of nitrogens with one attached hydrogen (secondary N) is 2. The van der Waals surface area contributed by atoms with Crippen LogP contribution in [-0.2, 0) is 0 Å². The lowest BCUT2D eigenvalue weighted by atomic mass is 10.2. The Hall–Kier alpha value is -3.74. The highest BCUT2D eigenvalue weighted by molar-refractivity contribution is 6.13. The van der Waals surface area contributed by atoms with E-state index in [0.29, 0.717) is 45.3 Å². The van der Waals surface area contributed by atoms with Gasteiger partial charge in [-0.15, -0.1) is 0 Å². The summed E-state index contributed by atoms with van der Waals surface area (Å²) in [6, 6.07) is 14.9. The van der Waals surface area contributed by atoms with Crippen molar-refractivity contribution >= 4 is 44.7 Å². The monoisotopic (exact) mass is 399 g/mol. The normalized spacial score (nSPS) is 11.6. The zero-order chi connectivity index (χ0) is 20.7. The quantitative estimate of drug-likeness (QED) is 0.440. The number of aromatic nitrogens is 4. The van der Waals surface area contributed by atoms with Gasteiger partial charge in [-0.25, -0.2) is 9.97 Å². The Morgan fingerprint density at radius 3 is 2.57 bits per heavy atom. The van der Waals surface area contributed by atoms with Gasteiger partial charge in [0.2, 0.25) is 0 Å². The van der Waals surface area contributed by atoms with Gasteiger partial charge < -0.3 is 10.3 Å². The fourth-order valence-corrected chi connectivity index (χ4v) is 3.91. The van der Waals surface area contributed by atoms with Crippen LogP contribution in [0.2, 0.25) is 0 Å². The number of amides is 1. The van der Waals surface area contributed by atoms with Crippen molar-refractivity contribution in [2.75, 3.05) is 6.54 Å². The van der Waals surface area contributed by atoms with Crippen LogP contribution in [-0.4, -0.2) is 31.8 Å². The summed E-state index contributed by atoms with van der Waals surface area (Å²) in [7, 11) is 0. The van der Waals surface area contributed by atoms with Gasteiger partial charge in [0.25, 0.3) is 11.5 Å². The van der Waals surface area contributed by atoms with Gasteiger partial charge in [0.05, 0.1) is 21.9 Å². The lowest BCUT2D eigenvalue weighted by Crippen LogP contribution is -2.25. The number of benzene rings is 2. The summed E-state index contributed by atoms with van der Waals surface area (Å²) in [4.78, 5) is 38.3. The van der Waals surface area contributed by atoms with Gasteiger partial charge in [-0.05, 0) is 30.7 Å². The Morgan fingerprint density at radius 2 is 1.77 bits per heavy atom. The van der Waals surface area contributed by atoms with Crippen LogP contribution < -0.4 is 10.9 Å². The van der Waals surface area contributed by atoms with Crippen molar-refractivity contribution in [1.82, 2.24) is 24.7 Å². The maximum atomic E-state index is 13.2. The van der Waals surface area contributed by atoms with E-state index in [4.69, 9.17) is 9.97 Å². The summed E-state index contributed by atoms with van der Waals surface area (Å²) in [5.74, 6) is -0.255. The van der Waals surface area contributed by atoms with Gasteiger partial charge in [0.1, 0.15) is 16.7 Å². The average molecular weight is 399 g/mol. The molecule has 0 saturated carbocycles. The van der Waals surface area contributed by atoms with E-state index in [2.05, 4.69) is 17.2 Å². The molecule has 5 aromatic rings. The van der Waals surface area contributed by atoms with Crippen LogP contribution in [0.4, 0.5) is 0 Å². The van der Waals surface area contributed by atoms with E-state index in [1.807, 2.05) is 46.9 Å². The summed E-state index contributed by atoms with van der Waals surface area (Å²) in [5.41, 5.74) is 3.67. The first-order valence-corrected chi connectivity index (χ1v) is 10.2. The van der Waals surface area contributed by atoms with Crippen molar-refractivity contribution in [2.45, 2.75) is 26.2 Å². The molecular weight excluding hydrogens is 378 g/mol. The van der Waals surface area contributed by atoms with Gasteiger partial charge in [0.15, 0.2) is 5.65 Å². The van der Waals surface area contributed by atoms with E-state index in [1.165, 1.54) is 0 Å². The smallest absolute Gasteiger partial charge is 0.258 e. The third-order valence-corrected chi connectivity index (χ3v) is 5.38. The molecule has 7 nitrogen and oxygen atoms in total. The highest BCUT2D eigenvalue weighted by Crippen LogP contribution is 2.27. The number of hydrogen-bond donors (Lipinski definition) is 2. The molecule has 0 spiro atoms. The number of carbonyl (C=O) groups is 1. The minimum atomic E-state index is -0.255. The van der Waals surface area contributed by atoms with Crippen molar-refractivity contribution in [1.29, 1.82) is 0 Å². The second kappa shape index (κ2) is 7.26. The minimum Gasteiger partial charge on any atom is -0.352 e. The molecule has 0 aliphatic rings. The van der Waals surface area contributed by atoms with Gasteiger partial charge >= 0.3 is 0 Å². The van der Waals surface area contributed by atoms with Gasteiger partial charge in [0, 0.05) is 6.54 Å². The first-order chi connectivity index (χ1) is 14.7. The molecule has 0 fully saturated rings. The molecule has 0 saturated heterocycles. The van der Waals surface area contributed by atoms with Gasteiger partial charge in [-0.2, -0.15) is 0 Å². The number of fused-ring (bicyclic) bond motifs is 6. The largest absolute Gasteiger partial charge is 0.352 e. The Morgan fingerprint density at radius 1 is 1.03 bits per heavy atom. The van der Waals surface area contributed by atoms with E-state index >= 15 is 0 Å². The molecule has 150 valence electrons. The molecule has 0 atom stereocenters. The topological polar surface area (TPSA) is 92.2 Å². The number of aromatic amines is 1. The average Bonchev–Trinajstić information content (AvgIpc) is 3.08. The predicted molar refractivity (Wildman–Crippen MR) is 118 cm³/mol. The molecule has 5 rings (SSSR count). The van der Waals surface area contributed by atoms with Crippen LogP contribution in [0.5, 0.6) is 0 Å². The van der Waals surface area contributed by atoms with E-state index < -0.39 is 0 Å². The Bertz CT molecular complexity index is 1480. The van der Waals surface area contributed by atoms with Crippen LogP contribution >= 0.6 is 0 Å². The Balaban J connectivity index is 1.85. The van der Waals surface area contributed by atoms with Crippen molar-refractivity contribution in [3.63, 3.8) is 0 Å². The van der Waals surface area contributed by atoms with Crippen LogP contribution in [0.25, 0.3) is 38.7 Å². The van der Waals surface area contributed by atoms with Crippen LogP contribution in [0.15, 0.2) is 53.3 Å². The standard InChI is InChI=1S/C23H21N5O2/c1-2-3-8-13-24-23(30)18-19-21(26-16-11-6-5-10-15(16)25-19)28-17-12-7-4-9-14(17)22(29)27-20(18)28/h4-7,9-12H,2-3,8,13H2,1H3,(H,24,30)(H,27,29). The maximum Gasteiger partial charge on any atom is 0.258 e.